The molecule has 25 heavy (non-hydrogen) atoms. The minimum Gasteiger partial charge on any atom is -0.391 e. The number of nitrogens with zero attached hydrogens (tertiary/aromatic N) is 4. The minimum atomic E-state index is -0.218. The molecule has 1 amide bonds. The minimum absolute atomic E-state index is 0.00780. The fourth-order valence-corrected chi connectivity index (χ4v) is 4.16. The molecule has 134 valence electrons. The van der Waals surface area contributed by atoms with Crippen LogP contribution in [0.5, 0.6) is 0 Å². The summed E-state index contributed by atoms with van der Waals surface area (Å²) in [5, 5.41) is 14.8. The van der Waals surface area contributed by atoms with Crippen LogP contribution in [0.1, 0.15) is 41.0 Å². The number of aliphatic hydroxyl groups excluding tert-OH is 1. The van der Waals surface area contributed by atoms with Crippen LogP contribution in [0.25, 0.3) is 11.1 Å². The Morgan fingerprint density at radius 2 is 2.00 bits per heavy atom. The molecule has 1 saturated heterocycles. The lowest BCUT2D eigenvalue weighted by Crippen LogP contribution is -2.53. The molecule has 0 aromatic carbocycles. The zero-order valence-corrected chi connectivity index (χ0v) is 14.7. The molecule has 1 aliphatic heterocycles. The van der Waals surface area contributed by atoms with Gasteiger partial charge in [0.05, 0.1) is 22.7 Å². The lowest BCUT2D eigenvalue weighted by atomic mass is 10.1. The molecule has 7 nitrogen and oxygen atoms in total. The molecular formula is C18H24N4O3. The van der Waals surface area contributed by atoms with E-state index in [0.717, 1.165) is 38.0 Å². The summed E-state index contributed by atoms with van der Waals surface area (Å²) in [5.74, 6) is 0.00780. The van der Waals surface area contributed by atoms with E-state index in [1.807, 2.05) is 24.8 Å². The quantitative estimate of drug-likeness (QED) is 0.889. The number of rotatable bonds is 2. The highest BCUT2D eigenvalue weighted by molar-refractivity contribution is 6.06. The molecular weight excluding hydrogens is 320 g/mol. The Balaban J connectivity index is 1.52. The largest absolute Gasteiger partial charge is 0.391 e. The van der Waals surface area contributed by atoms with Crippen molar-refractivity contribution >= 4 is 17.0 Å². The number of carbonyl (C=O) groups excluding carboxylic acids is 1. The van der Waals surface area contributed by atoms with Crippen LogP contribution in [0.3, 0.4) is 0 Å². The van der Waals surface area contributed by atoms with Crippen molar-refractivity contribution in [2.75, 3.05) is 26.2 Å². The molecule has 2 fully saturated rings. The van der Waals surface area contributed by atoms with E-state index in [-0.39, 0.29) is 18.1 Å². The molecule has 2 atom stereocenters. The highest BCUT2D eigenvalue weighted by Crippen LogP contribution is 2.27. The molecule has 2 aromatic heterocycles. The first kappa shape index (κ1) is 16.5. The third-order valence-corrected chi connectivity index (χ3v) is 5.49. The average Bonchev–Trinajstić information content (AvgIpc) is 3.20. The van der Waals surface area contributed by atoms with E-state index < -0.39 is 0 Å². The van der Waals surface area contributed by atoms with E-state index in [0.29, 0.717) is 35.4 Å². The summed E-state index contributed by atoms with van der Waals surface area (Å²) >= 11 is 0. The molecule has 7 heteroatoms. The molecule has 1 N–H and O–H groups in total. The molecule has 3 heterocycles. The first-order chi connectivity index (χ1) is 12.0. The van der Waals surface area contributed by atoms with Crippen molar-refractivity contribution < 1.29 is 14.4 Å². The molecule has 0 radical (unpaired) electrons. The number of piperazine rings is 1. The maximum absolute atomic E-state index is 13.1. The molecule has 4 rings (SSSR count). The van der Waals surface area contributed by atoms with Gasteiger partial charge in [-0.15, -0.1) is 0 Å². The number of amides is 1. The maximum Gasteiger partial charge on any atom is 0.258 e. The molecule has 1 saturated carbocycles. The second kappa shape index (κ2) is 6.38. The Morgan fingerprint density at radius 1 is 1.24 bits per heavy atom. The van der Waals surface area contributed by atoms with Gasteiger partial charge in [0.2, 0.25) is 0 Å². The van der Waals surface area contributed by atoms with Gasteiger partial charge in [0.25, 0.3) is 11.6 Å². The summed E-state index contributed by atoms with van der Waals surface area (Å²) < 4.78 is 5.24. The van der Waals surface area contributed by atoms with Crippen LogP contribution in [0.15, 0.2) is 10.6 Å². The lowest BCUT2D eigenvalue weighted by molar-refractivity contribution is 0.0316. The van der Waals surface area contributed by atoms with Gasteiger partial charge >= 0.3 is 0 Å². The monoisotopic (exact) mass is 344 g/mol. The van der Waals surface area contributed by atoms with Crippen molar-refractivity contribution in [2.45, 2.75) is 45.3 Å². The second-order valence-corrected chi connectivity index (χ2v) is 7.15. The normalized spacial score (nSPS) is 25.0. The van der Waals surface area contributed by atoms with Crippen molar-refractivity contribution in [1.82, 2.24) is 19.9 Å². The summed E-state index contributed by atoms with van der Waals surface area (Å²) in [7, 11) is 0. The molecule has 0 unspecified atom stereocenters. The smallest absolute Gasteiger partial charge is 0.258 e. The van der Waals surface area contributed by atoms with Gasteiger partial charge in [0.1, 0.15) is 0 Å². The Bertz CT molecular complexity index is 795. The van der Waals surface area contributed by atoms with Crippen LogP contribution in [-0.2, 0) is 0 Å². The number of hydrogen-bond donors (Lipinski definition) is 1. The van der Waals surface area contributed by atoms with Gasteiger partial charge in [-0.3, -0.25) is 9.69 Å². The van der Waals surface area contributed by atoms with E-state index in [9.17, 15) is 9.90 Å². The third-order valence-electron chi connectivity index (χ3n) is 5.49. The fourth-order valence-electron chi connectivity index (χ4n) is 4.16. The SMILES string of the molecule is Cc1cc(C(=O)N2CCN([C@@H]3CCC[C@H]3O)CC2)c2c(C)noc2n1. The zero-order valence-electron chi connectivity index (χ0n) is 14.7. The predicted octanol–water partition coefficient (Wildman–Crippen LogP) is 1.51. The van der Waals surface area contributed by atoms with Gasteiger partial charge in [-0.1, -0.05) is 5.16 Å². The van der Waals surface area contributed by atoms with E-state index in [2.05, 4.69) is 15.0 Å². The molecule has 0 bridgehead atoms. The van der Waals surface area contributed by atoms with Gasteiger partial charge in [0.15, 0.2) is 0 Å². The van der Waals surface area contributed by atoms with Gasteiger partial charge in [-0.05, 0) is 39.2 Å². The summed E-state index contributed by atoms with van der Waals surface area (Å²) in [6.45, 7) is 6.66. The van der Waals surface area contributed by atoms with E-state index >= 15 is 0 Å². The second-order valence-electron chi connectivity index (χ2n) is 7.15. The number of pyridine rings is 1. The Morgan fingerprint density at radius 3 is 2.68 bits per heavy atom. The van der Waals surface area contributed by atoms with Crippen LogP contribution in [0.2, 0.25) is 0 Å². The van der Waals surface area contributed by atoms with E-state index in [1.54, 1.807) is 0 Å². The van der Waals surface area contributed by atoms with Crippen LogP contribution in [0, 0.1) is 13.8 Å². The van der Waals surface area contributed by atoms with Crippen LogP contribution >= 0.6 is 0 Å². The van der Waals surface area contributed by atoms with Gasteiger partial charge in [-0.2, -0.15) is 0 Å². The number of aliphatic hydroxyl groups is 1. The zero-order chi connectivity index (χ0) is 17.6. The summed E-state index contributed by atoms with van der Waals surface area (Å²) in [6, 6.07) is 2.08. The number of carbonyl (C=O) groups is 1. The topological polar surface area (TPSA) is 82.7 Å². The highest BCUT2D eigenvalue weighted by atomic mass is 16.5. The van der Waals surface area contributed by atoms with E-state index in [1.165, 1.54) is 0 Å². The maximum atomic E-state index is 13.1. The van der Waals surface area contributed by atoms with Crippen molar-refractivity contribution in [3.8, 4) is 0 Å². The van der Waals surface area contributed by atoms with Crippen LogP contribution < -0.4 is 0 Å². The number of aromatic nitrogens is 2. The molecule has 2 aliphatic rings. The fraction of sp³-hybridized carbons (Fsp3) is 0.611. The van der Waals surface area contributed by atoms with Crippen molar-refractivity contribution in [3.63, 3.8) is 0 Å². The first-order valence-electron chi connectivity index (χ1n) is 8.99. The number of fused-ring (bicyclic) bond motifs is 1. The summed E-state index contributed by atoms with van der Waals surface area (Å²) in [6.07, 6.45) is 2.82. The van der Waals surface area contributed by atoms with Crippen LogP contribution in [0.4, 0.5) is 0 Å². The summed E-state index contributed by atoms with van der Waals surface area (Å²) in [4.78, 5) is 21.6. The average molecular weight is 344 g/mol. The van der Waals surface area contributed by atoms with Gasteiger partial charge < -0.3 is 14.5 Å². The van der Waals surface area contributed by atoms with Crippen molar-refractivity contribution in [2.24, 2.45) is 0 Å². The molecule has 0 spiro atoms. The number of hydrogen-bond acceptors (Lipinski definition) is 6. The number of aryl methyl sites for hydroxylation is 2. The first-order valence-corrected chi connectivity index (χ1v) is 8.99. The third kappa shape index (κ3) is 2.91. The molecule has 2 aromatic rings. The predicted molar refractivity (Wildman–Crippen MR) is 92.4 cm³/mol. The highest BCUT2D eigenvalue weighted by Gasteiger charge is 2.34. The van der Waals surface area contributed by atoms with Crippen LogP contribution in [-0.4, -0.2) is 69.3 Å². The molecule has 1 aliphatic carbocycles. The van der Waals surface area contributed by atoms with Crippen molar-refractivity contribution in [1.29, 1.82) is 0 Å². The van der Waals surface area contributed by atoms with E-state index in [4.69, 9.17) is 4.52 Å². The Hall–Kier alpha value is -1.99. The van der Waals surface area contributed by atoms with Crippen molar-refractivity contribution in [3.05, 3.63) is 23.0 Å². The van der Waals surface area contributed by atoms with Gasteiger partial charge in [0, 0.05) is 37.9 Å². The lowest BCUT2D eigenvalue weighted by Gasteiger charge is -2.39. The van der Waals surface area contributed by atoms with Gasteiger partial charge in [-0.25, -0.2) is 4.98 Å². The Labute approximate surface area is 146 Å². The standard InChI is InChI=1S/C18H24N4O3/c1-11-10-13(16-12(2)20-25-17(16)19-11)18(24)22-8-6-21(7-9-22)14-4-3-5-15(14)23/h10,14-15,23H,3-9H2,1-2H3/t14-,15-/m1/s1. The summed E-state index contributed by atoms with van der Waals surface area (Å²) in [5.41, 5.74) is 2.49. The Kier molecular flexibility index (Phi) is 4.21.